The van der Waals surface area contributed by atoms with E-state index in [0.29, 0.717) is 6.42 Å². The molecule has 1 aromatic heterocycles. The van der Waals surface area contributed by atoms with Gasteiger partial charge in [-0.25, -0.2) is 0 Å². The monoisotopic (exact) mass is 215 g/mol. The quantitative estimate of drug-likeness (QED) is 0.850. The predicted octanol–water partition coefficient (Wildman–Crippen LogP) is 2.94. The lowest BCUT2D eigenvalue weighted by Gasteiger charge is -2.08. The molecule has 1 atom stereocenters. The normalized spacial score (nSPS) is 12.9. The molecule has 0 aliphatic carbocycles. The van der Waals surface area contributed by atoms with Gasteiger partial charge in [-0.15, -0.1) is 0 Å². The number of hydrogen-bond donors (Lipinski definition) is 1. The number of benzene rings is 1. The summed E-state index contributed by atoms with van der Waals surface area (Å²) in [4.78, 5) is 4.37. The van der Waals surface area contributed by atoms with Crippen molar-refractivity contribution in [2.24, 2.45) is 0 Å². The van der Waals surface area contributed by atoms with E-state index in [0.717, 1.165) is 23.9 Å². The van der Waals surface area contributed by atoms with E-state index >= 15 is 0 Å². The first-order valence-electron chi connectivity index (χ1n) is 5.81. The molecular weight excluding hydrogens is 198 g/mol. The number of nitrogens with zero attached hydrogens (tertiary/aromatic N) is 1. The van der Waals surface area contributed by atoms with E-state index in [1.807, 2.05) is 18.3 Å². The van der Waals surface area contributed by atoms with Gasteiger partial charge in [0.1, 0.15) is 0 Å². The molecule has 1 aromatic carbocycles. The Morgan fingerprint density at radius 2 is 2.00 bits per heavy atom. The van der Waals surface area contributed by atoms with Gasteiger partial charge in [0.2, 0.25) is 0 Å². The SMILES string of the molecule is CCCC(O)Cc1cc2ccccc2cn1. The highest BCUT2D eigenvalue weighted by atomic mass is 16.3. The molecule has 0 aliphatic heterocycles. The van der Waals surface area contributed by atoms with E-state index < -0.39 is 0 Å². The van der Waals surface area contributed by atoms with Gasteiger partial charge in [-0.2, -0.15) is 0 Å². The summed E-state index contributed by atoms with van der Waals surface area (Å²) in [5.74, 6) is 0. The van der Waals surface area contributed by atoms with E-state index in [1.165, 1.54) is 5.39 Å². The van der Waals surface area contributed by atoms with E-state index in [1.54, 1.807) is 0 Å². The Balaban J connectivity index is 2.19. The fourth-order valence-electron chi connectivity index (χ4n) is 1.92. The molecular formula is C14H17NO. The maximum absolute atomic E-state index is 9.73. The maximum Gasteiger partial charge on any atom is 0.0595 e. The Bertz CT molecular complexity index is 467. The van der Waals surface area contributed by atoms with Crippen molar-refractivity contribution < 1.29 is 5.11 Å². The first kappa shape index (κ1) is 11.1. The van der Waals surface area contributed by atoms with Crippen LogP contribution in [-0.2, 0) is 6.42 Å². The molecule has 0 aliphatic rings. The van der Waals surface area contributed by atoms with Crippen LogP contribution in [0.25, 0.3) is 10.8 Å². The van der Waals surface area contributed by atoms with Crippen molar-refractivity contribution in [3.8, 4) is 0 Å². The third-order valence-electron chi connectivity index (χ3n) is 2.75. The molecule has 0 radical (unpaired) electrons. The van der Waals surface area contributed by atoms with Gasteiger partial charge in [0.25, 0.3) is 0 Å². The highest BCUT2D eigenvalue weighted by molar-refractivity contribution is 5.81. The van der Waals surface area contributed by atoms with Crippen LogP contribution in [0.3, 0.4) is 0 Å². The number of fused-ring (bicyclic) bond motifs is 1. The molecule has 84 valence electrons. The van der Waals surface area contributed by atoms with Crippen LogP contribution in [-0.4, -0.2) is 16.2 Å². The van der Waals surface area contributed by atoms with E-state index in [2.05, 4.69) is 30.1 Å². The average molecular weight is 215 g/mol. The molecule has 1 unspecified atom stereocenters. The fraction of sp³-hybridized carbons (Fsp3) is 0.357. The lowest BCUT2D eigenvalue weighted by Crippen LogP contribution is -2.10. The third kappa shape index (κ3) is 2.58. The molecule has 2 nitrogen and oxygen atoms in total. The van der Waals surface area contributed by atoms with Gasteiger partial charge in [0.05, 0.1) is 6.10 Å². The van der Waals surface area contributed by atoms with Crippen molar-refractivity contribution in [1.29, 1.82) is 0 Å². The van der Waals surface area contributed by atoms with Crippen molar-refractivity contribution in [2.75, 3.05) is 0 Å². The van der Waals surface area contributed by atoms with Gasteiger partial charge in [-0.3, -0.25) is 4.98 Å². The van der Waals surface area contributed by atoms with Gasteiger partial charge >= 0.3 is 0 Å². The Morgan fingerprint density at radius 3 is 2.75 bits per heavy atom. The smallest absolute Gasteiger partial charge is 0.0595 e. The molecule has 1 heterocycles. The van der Waals surface area contributed by atoms with Gasteiger partial charge in [0.15, 0.2) is 0 Å². The average Bonchev–Trinajstić information content (AvgIpc) is 2.29. The zero-order valence-corrected chi connectivity index (χ0v) is 9.56. The number of pyridine rings is 1. The lowest BCUT2D eigenvalue weighted by atomic mass is 10.1. The van der Waals surface area contributed by atoms with Crippen molar-refractivity contribution >= 4 is 10.8 Å². The summed E-state index contributed by atoms with van der Waals surface area (Å²) in [6.45, 7) is 2.08. The maximum atomic E-state index is 9.73. The van der Waals surface area contributed by atoms with Gasteiger partial charge in [0, 0.05) is 23.7 Å². The lowest BCUT2D eigenvalue weighted by molar-refractivity contribution is 0.163. The van der Waals surface area contributed by atoms with E-state index in [4.69, 9.17) is 0 Å². The van der Waals surface area contributed by atoms with Crippen LogP contribution in [0, 0.1) is 0 Å². The largest absolute Gasteiger partial charge is 0.393 e. The summed E-state index contributed by atoms with van der Waals surface area (Å²) in [5.41, 5.74) is 0.972. The number of hydrogen-bond acceptors (Lipinski definition) is 2. The highest BCUT2D eigenvalue weighted by Gasteiger charge is 2.05. The van der Waals surface area contributed by atoms with Crippen molar-refractivity contribution in [3.05, 3.63) is 42.2 Å². The van der Waals surface area contributed by atoms with Crippen LogP contribution in [0.4, 0.5) is 0 Å². The molecule has 0 saturated carbocycles. The molecule has 0 bridgehead atoms. The summed E-state index contributed by atoms with van der Waals surface area (Å²) >= 11 is 0. The Kier molecular flexibility index (Phi) is 3.52. The summed E-state index contributed by atoms with van der Waals surface area (Å²) in [5, 5.41) is 12.1. The second kappa shape index (κ2) is 5.08. The third-order valence-corrected chi connectivity index (χ3v) is 2.75. The van der Waals surface area contributed by atoms with Gasteiger partial charge < -0.3 is 5.11 Å². The van der Waals surface area contributed by atoms with Crippen LogP contribution in [0.5, 0.6) is 0 Å². The number of rotatable bonds is 4. The van der Waals surface area contributed by atoms with Crippen LogP contribution >= 0.6 is 0 Å². The molecule has 1 N–H and O–H groups in total. The molecule has 2 rings (SSSR count). The highest BCUT2D eigenvalue weighted by Crippen LogP contribution is 2.15. The second-order valence-electron chi connectivity index (χ2n) is 4.17. The topological polar surface area (TPSA) is 33.1 Å². The van der Waals surface area contributed by atoms with E-state index in [-0.39, 0.29) is 6.10 Å². The minimum absolute atomic E-state index is 0.265. The second-order valence-corrected chi connectivity index (χ2v) is 4.17. The Hall–Kier alpha value is -1.41. The molecule has 2 aromatic rings. The van der Waals surface area contributed by atoms with E-state index in [9.17, 15) is 5.11 Å². The van der Waals surface area contributed by atoms with Crippen molar-refractivity contribution in [1.82, 2.24) is 4.98 Å². The Labute approximate surface area is 96.0 Å². The first-order valence-corrected chi connectivity index (χ1v) is 5.81. The van der Waals surface area contributed by atoms with Crippen molar-refractivity contribution in [3.63, 3.8) is 0 Å². The number of aromatic nitrogens is 1. The minimum Gasteiger partial charge on any atom is -0.393 e. The van der Waals surface area contributed by atoms with Crippen LogP contribution < -0.4 is 0 Å². The van der Waals surface area contributed by atoms with Crippen LogP contribution in [0.1, 0.15) is 25.5 Å². The predicted molar refractivity (Wildman–Crippen MR) is 66.4 cm³/mol. The molecule has 0 fully saturated rings. The summed E-state index contributed by atoms with van der Waals surface area (Å²) in [6.07, 6.45) is 4.12. The summed E-state index contributed by atoms with van der Waals surface area (Å²) < 4.78 is 0. The Morgan fingerprint density at radius 1 is 1.25 bits per heavy atom. The zero-order chi connectivity index (χ0) is 11.4. The molecule has 2 heteroatoms. The molecule has 16 heavy (non-hydrogen) atoms. The van der Waals surface area contributed by atoms with Crippen LogP contribution in [0.2, 0.25) is 0 Å². The van der Waals surface area contributed by atoms with Crippen molar-refractivity contribution in [2.45, 2.75) is 32.3 Å². The molecule has 0 amide bonds. The molecule has 0 saturated heterocycles. The molecule has 0 spiro atoms. The number of aliphatic hydroxyl groups excluding tert-OH is 1. The standard InChI is InChI=1S/C14H17NO/c1-2-5-14(16)9-13-8-11-6-3-4-7-12(11)10-15-13/h3-4,6-8,10,14,16H,2,5,9H2,1H3. The first-order chi connectivity index (χ1) is 7.79. The minimum atomic E-state index is -0.265. The van der Waals surface area contributed by atoms with Crippen LogP contribution in [0.15, 0.2) is 36.5 Å². The zero-order valence-electron chi connectivity index (χ0n) is 9.56. The summed E-state index contributed by atoms with van der Waals surface area (Å²) in [6, 6.07) is 10.2. The van der Waals surface area contributed by atoms with Gasteiger partial charge in [-0.1, -0.05) is 37.6 Å². The fourth-order valence-corrected chi connectivity index (χ4v) is 1.92. The number of aliphatic hydroxyl groups is 1. The van der Waals surface area contributed by atoms with Gasteiger partial charge in [-0.05, 0) is 17.9 Å². The summed E-state index contributed by atoms with van der Waals surface area (Å²) in [7, 11) is 0.